The lowest BCUT2D eigenvalue weighted by molar-refractivity contribution is 0.398. The van der Waals surface area contributed by atoms with E-state index in [1.165, 1.54) is 12.8 Å². The third-order valence-corrected chi connectivity index (χ3v) is 2.80. The molecule has 0 aromatic heterocycles. The van der Waals surface area contributed by atoms with E-state index in [9.17, 15) is 0 Å². The van der Waals surface area contributed by atoms with Gasteiger partial charge in [0.2, 0.25) is 0 Å². The number of nitrogens with two attached hydrogens (primary N) is 2. The van der Waals surface area contributed by atoms with E-state index in [0.717, 1.165) is 32.2 Å². The Morgan fingerprint density at radius 2 is 1.53 bits per heavy atom. The first-order chi connectivity index (χ1) is 8.83. The zero-order valence-corrected chi connectivity index (χ0v) is 12.1. The molecule has 7 heteroatoms. The van der Waals surface area contributed by atoms with Crippen molar-refractivity contribution in [2.45, 2.75) is 57.9 Å². The SMILES string of the molecule is CC(C)(CCCCCCCNNC(=N)N)NC(=N)N. The molecule has 0 rings (SSSR count). The molecule has 0 unspecified atom stereocenters. The van der Waals surface area contributed by atoms with Crippen LogP contribution in [-0.4, -0.2) is 24.0 Å². The number of hydrogen-bond donors (Lipinski definition) is 7. The van der Waals surface area contributed by atoms with E-state index in [0.29, 0.717) is 0 Å². The lowest BCUT2D eigenvalue weighted by Crippen LogP contribution is -2.46. The van der Waals surface area contributed by atoms with Crippen molar-refractivity contribution in [2.24, 2.45) is 11.5 Å². The van der Waals surface area contributed by atoms with E-state index in [4.69, 9.17) is 22.3 Å². The Morgan fingerprint density at radius 1 is 0.947 bits per heavy atom. The minimum atomic E-state index is -0.0984. The summed E-state index contributed by atoms with van der Waals surface area (Å²) in [6.45, 7) is 4.94. The van der Waals surface area contributed by atoms with Gasteiger partial charge in [-0.05, 0) is 26.7 Å². The molecular weight excluding hydrogens is 242 g/mol. The predicted molar refractivity (Wildman–Crippen MR) is 79.9 cm³/mol. The van der Waals surface area contributed by atoms with Crippen molar-refractivity contribution in [3.05, 3.63) is 0 Å². The van der Waals surface area contributed by atoms with Gasteiger partial charge in [-0.3, -0.25) is 16.2 Å². The van der Waals surface area contributed by atoms with Crippen molar-refractivity contribution < 1.29 is 0 Å². The Hall–Kier alpha value is -1.50. The van der Waals surface area contributed by atoms with Gasteiger partial charge in [-0.15, -0.1) is 0 Å². The fourth-order valence-electron chi connectivity index (χ4n) is 1.90. The van der Waals surface area contributed by atoms with Gasteiger partial charge in [0.25, 0.3) is 0 Å². The van der Waals surface area contributed by atoms with Gasteiger partial charge in [-0.25, -0.2) is 5.43 Å². The molecule has 0 radical (unpaired) electrons. The van der Waals surface area contributed by atoms with Gasteiger partial charge in [-0.1, -0.05) is 25.7 Å². The minimum Gasteiger partial charge on any atom is -0.370 e. The van der Waals surface area contributed by atoms with Crippen LogP contribution in [-0.2, 0) is 0 Å². The van der Waals surface area contributed by atoms with Crippen LogP contribution in [0, 0.1) is 10.8 Å². The smallest absolute Gasteiger partial charge is 0.200 e. The lowest BCUT2D eigenvalue weighted by Gasteiger charge is -2.26. The summed E-state index contributed by atoms with van der Waals surface area (Å²) < 4.78 is 0. The average molecular weight is 271 g/mol. The van der Waals surface area contributed by atoms with Crippen LogP contribution in [0.15, 0.2) is 0 Å². The maximum atomic E-state index is 7.22. The van der Waals surface area contributed by atoms with Gasteiger partial charge >= 0.3 is 0 Å². The molecule has 0 fully saturated rings. The molecule has 0 atom stereocenters. The van der Waals surface area contributed by atoms with Crippen LogP contribution in [0.2, 0.25) is 0 Å². The zero-order chi connectivity index (χ0) is 14.7. The van der Waals surface area contributed by atoms with Crippen molar-refractivity contribution in [1.29, 1.82) is 10.8 Å². The Balaban J connectivity index is 3.35. The highest BCUT2D eigenvalue weighted by atomic mass is 15.4. The summed E-state index contributed by atoms with van der Waals surface area (Å²) in [4.78, 5) is 0. The van der Waals surface area contributed by atoms with Gasteiger partial charge in [-0.2, -0.15) is 0 Å². The first-order valence-electron chi connectivity index (χ1n) is 6.78. The first-order valence-corrected chi connectivity index (χ1v) is 6.78. The van der Waals surface area contributed by atoms with Crippen molar-refractivity contribution >= 4 is 11.9 Å². The van der Waals surface area contributed by atoms with E-state index < -0.39 is 0 Å². The molecule has 0 aromatic rings. The van der Waals surface area contributed by atoms with E-state index >= 15 is 0 Å². The summed E-state index contributed by atoms with van der Waals surface area (Å²) >= 11 is 0. The molecule has 0 spiro atoms. The van der Waals surface area contributed by atoms with Crippen LogP contribution < -0.4 is 27.6 Å². The Labute approximate surface area is 115 Å². The second-order valence-corrected chi connectivity index (χ2v) is 5.41. The second-order valence-electron chi connectivity index (χ2n) is 5.41. The van der Waals surface area contributed by atoms with Crippen molar-refractivity contribution in [2.75, 3.05) is 6.54 Å². The van der Waals surface area contributed by atoms with Crippen LogP contribution in [0.4, 0.5) is 0 Å². The summed E-state index contributed by atoms with van der Waals surface area (Å²) in [6.07, 6.45) is 6.74. The van der Waals surface area contributed by atoms with Crippen molar-refractivity contribution in [1.82, 2.24) is 16.2 Å². The number of guanidine groups is 2. The number of hydrogen-bond acceptors (Lipinski definition) is 3. The molecule has 0 heterocycles. The lowest BCUT2D eigenvalue weighted by atomic mass is 9.96. The molecule has 0 aromatic carbocycles. The summed E-state index contributed by atoms with van der Waals surface area (Å²) in [5, 5.41) is 17.1. The predicted octanol–water partition coefficient (Wildman–Crippen LogP) is 0.576. The summed E-state index contributed by atoms with van der Waals surface area (Å²) in [7, 11) is 0. The normalized spacial score (nSPS) is 11.1. The largest absolute Gasteiger partial charge is 0.370 e. The molecule has 0 bridgehead atoms. The van der Waals surface area contributed by atoms with E-state index in [1.54, 1.807) is 0 Å². The fraction of sp³-hybridized carbons (Fsp3) is 0.833. The van der Waals surface area contributed by atoms with Crippen molar-refractivity contribution in [3.63, 3.8) is 0 Å². The van der Waals surface area contributed by atoms with E-state index in [-0.39, 0.29) is 17.5 Å². The van der Waals surface area contributed by atoms with Crippen LogP contribution >= 0.6 is 0 Å². The standard InChI is InChI=1S/C12H29N7/c1-12(2,18-10(13)14)8-6-4-3-5-7-9-17-19-11(15)16/h17H,3-9H2,1-2H3,(H4,13,14,18)(H4,15,16,19). The number of rotatable bonds is 10. The molecule has 0 amide bonds. The molecule has 0 saturated carbocycles. The molecule has 0 saturated heterocycles. The van der Waals surface area contributed by atoms with E-state index in [1.807, 2.05) is 0 Å². The van der Waals surface area contributed by atoms with Crippen molar-refractivity contribution in [3.8, 4) is 0 Å². The highest BCUT2D eigenvalue weighted by molar-refractivity contribution is 5.75. The Morgan fingerprint density at radius 3 is 2.11 bits per heavy atom. The van der Waals surface area contributed by atoms with Gasteiger partial charge in [0.05, 0.1) is 0 Å². The molecule has 7 nitrogen and oxygen atoms in total. The molecule has 9 N–H and O–H groups in total. The highest BCUT2D eigenvalue weighted by Crippen LogP contribution is 2.14. The molecule has 0 aliphatic carbocycles. The number of nitrogens with one attached hydrogen (secondary N) is 5. The first kappa shape index (κ1) is 17.5. The average Bonchev–Trinajstić information content (AvgIpc) is 2.24. The van der Waals surface area contributed by atoms with Crippen LogP contribution in [0.3, 0.4) is 0 Å². The molecule has 0 aliphatic heterocycles. The quantitative estimate of drug-likeness (QED) is 0.135. The third-order valence-electron chi connectivity index (χ3n) is 2.80. The van der Waals surface area contributed by atoms with Gasteiger partial charge in [0.1, 0.15) is 0 Å². The van der Waals surface area contributed by atoms with Crippen LogP contribution in [0.5, 0.6) is 0 Å². The molecule has 19 heavy (non-hydrogen) atoms. The van der Waals surface area contributed by atoms with Crippen LogP contribution in [0.1, 0.15) is 52.4 Å². The summed E-state index contributed by atoms with van der Waals surface area (Å²) in [6, 6.07) is 0. The molecular formula is C12H29N7. The molecule has 0 aliphatic rings. The molecule has 112 valence electrons. The third kappa shape index (κ3) is 12.7. The zero-order valence-electron chi connectivity index (χ0n) is 12.1. The minimum absolute atomic E-state index is 0.0362. The maximum absolute atomic E-state index is 7.22. The number of hydrazine groups is 1. The fourth-order valence-corrected chi connectivity index (χ4v) is 1.90. The number of unbranched alkanes of at least 4 members (excludes halogenated alkanes) is 4. The highest BCUT2D eigenvalue weighted by Gasteiger charge is 2.16. The Kier molecular flexibility index (Phi) is 8.69. The monoisotopic (exact) mass is 271 g/mol. The topological polar surface area (TPSA) is 136 Å². The van der Waals surface area contributed by atoms with Crippen LogP contribution in [0.25, 0.3) is 0 Å². The second kappa shape index (κ2) is 9.43. The summed E-state index contributed by atoms with van der Waals surface area (Å²) in [5.41, 5.74) is 15.8. The summed E-state index contributed by atoms with van der Waals surface area (Å²) in [5.74, 6) is -0.0192. The van der Waals surface area contributed by atoms with Gasteiger partial charge in [0.15, 0.2) is 11.9 Å². The van der Waals surface area contributed by atoms with Gasteiger partial charge in [0, 0.05) is 12.1 Å². The Bertz CT molecular complexity index is 275. The maximum Gasteiger partial charge on any atom is 0.200 e. The van der Waals surface area contributed by atoms with E-state index in [2.05, 4.69) is 30.0 Å². The van der Waals surface area contributed by atoms with Gasteiger partial charge < -0.3 is 16.8 Å².